The SMILES string of the molecule is c1ccc(-c2ccc(-c3ccc4c(c3)CC3Cc5c(ccc6oc7cc8c(cc7c56)oc5ccccc58)N43)cc2)cc1.c1ccc(-c2ccc(-c3ccc4c(c3)CC3Cc5cc6oc7cc8c(cc7c6cc5N43)oc3ccccc38)cc2)cc1. The minimum atomic E-state index is 0.427. The van der Waals surface area contributed by atoms with Crippen molar-refractivity contribution < 1.29 is 17.7 Å². The molecule has 4 aliphatic rings. The summed E-state index contributed by atoms with van der Waals surface area (Å²) in [6.07, 6.45) is 4.15. The van der Waals surface area contributed by atoms with Crippen LogP contribution >= 0.6 is 0 Å². The number of rotatable bonds is 4. The molecule has 12 aromatic carbocycles. The zero-order chi connectivity index (χ0) is 54.7. The van der Waals surface area contributed by atoms with E-state index in [0.717, 1.165) is 108 Å². The van der Waals surface area contributed by atoms with Gasteiger partial charge >= 0.3 is 0 Å². The lowest BCUT2D eigenvalue weighted by molar-refractivity contribution is 0.663. The number of benzene rings is 12. The number of nitrogens with zero attached hydrogens (tertiary/aromatic N) is 2. The topological polar surface area (TPSA) is 59.0 Å². The Hall–Kier alpha value is -10.6. The van der Waals surface area contributed by atoms with Crippen molar-refractivity contribution >= 4 is 111 Å². The summed E-state index contributed by atoms with van der Waals surface area (Å²) in [5, 5.41) is 9.09. The van der Waals surface area contributed by atoms with Crippen LogP contribution in [0.25, 0.3) is 132 Å². The number of furan rings is 4. The van der Waals surface area contributed by atoms with Crippen LogP contribution in [-0.4, -0.2) is 12.1 Å². The number of hydrogen-bond acceptors (Lipinski definition) is 6. The first-order chi connectivity index (χ1) is 41.5. The molecule has 2 unspecified atom stereocenters. The Balaban J connectivity index is 0.000000124. The molecule has 8 heterocycles. The van der Waals surface area contributed by atoms with Crippen molar-refractivity contribution in [2.24, 2.45) is 0 Å². The van der Waals surface area contributed by atoms with Gasteiger partial charge in [-0.05, 0) is 177 Å². The van der Waals surface area contributed by atoms with Crippen LogP contribution in [0.5, 0.6) is 0 Å². The molecule has 6 nitrogen and oxygen atoms in total. The van der Waals surface area contributed by atoms with Crippen LogP contribution in [0.3, 0.4) is 0 Å². The van der Waals surface area contributed by atoms with Crippen molar-refractivity contribution in [2.75, 3.05) is 9.80 Å². The van der Waals surface area contributed by atoms with Crippen molar-refractivity contribution in [3.63, 3.8) is 0 Å². The quantitative estimate of drug-likeness (QED) is 0.175. The summed E-state index contributed by atoms with van der Waals surface area (Å²) in [5.74, 6) is 0. The highest BCUT2D eigenvalue weighted by molar-refractivity contribution is 6.18. The van der Waals surface area contributed by atoms with Gasteiger partial charge in [-0.1, -0.05) is 158 Å². The highest BCUT2D eigenvalue weighted by Crippen LogP contribution is 2.52. The van der Waals surface area contributed by atoms with E-state index in [0.29, 0.717) is 12.1 Å². The molecule has 0 bridgehead atoms. The average molecular weight is 1080 g/mol. The van der Waals surface area contributed by atoms with Crippen LogP contribution in [-0.2, 0) is 25.7 Å². The lowest BCUT2D eigenvalue weighted by atomic mass is 9.96. The number of anilines is 4. The second-order valence-corrected chi connectivity index (χ2v) is 23.4. The van der Waals surface area contributed by atoms with Gasteiger partial charge in [0.2, 0.25) is 0 Å². The fourth-order valence-electron chi connectivity index (χ4n) is 14.9. The van der Waals surface area contributed by atoms with Crippen LogP contribution in [0.1, 0.15) is 22.3 Å². The van der Waals surface area contributed by atoms with E-state index in [9.17, 15) is 0 Å². The monoisotopic (exact) mass is 1080 g/mol. The first-order valence-corrected chi connectivity index (χ1v) is 29.3. The smallest absolute Gasteiger partial charge is 0.136 e. The number of hydrogen-bond donors (Lipinski definition) is 0. The van der Waals surface area contributed by atoms with E-state index in [-0.39, 0.29) is 0 Å². The zero-order valence-electron chi connectivity index (χ0n) is 45.6. The van der Waals surface area contributed by atoms with Gasteiger partial charge in [-0.2, -0.15) is 0 Å². The van der Waals surface area contributed by atoms with Crippen molar-refractivity contribution in [1.29, 1.82) is 0 Å². The van der Waals surface area contributed by atoms with E-state index in [4.69, 9.17) is 17.7 Å². The van der Waals surface area contributed by atoms with Crippen molar-refractivity contribution in [1.82, 2.24) is 0 Å². The molecule has 0 radical (unpaired) electrons. The standard InChI is InChI=1S/2C39H25NO2/c1-2-6-23(7-3-1)24-10-12-25(13-11-24)26-14-15-34-27(16-26)17-29-18-28-19-37-31(20-35(28)40(29)34)33-22-38-32(21-39(33)42-37)30-8-4-5-9-36(30)41-38;1-2-6-23(7-3-1)24-10-12-25(13-11-24)26-14-15-33-27(18-26)19-28-20-31-34(40(28)33)16-17-36-39(31)32-22-37-30(21-38(32)42-36)29-8-4-5-9-35(29)41-37/h1-16,19-22,29H,17-18H2;1-18,21-22,28H,19-20H2. The molecular formula is C78H50N2O4. The highest BCUT2D eigenvalue weighted by Gasteiger charge is 2.40. The molecule has 20 rings (SSSR count). The number of para-hydroxylation sites is 2. The van der Waals surface area contributed by atoms with Gasteiger partial charge in [0, 0.05) is 77.9 Å². The van der Waals surface area contributed by atoms with Crippen LogP contribution in [0, 0.1) is 0 Å². The molecule has 4 aliphatic heterocycles. The van der Waals surface area contributed by atoms with Crippen LogP contribution in [0.4, 0.5) is 22.7 Å². The summed E-state index contributed by atoms with van der Waals surface area (Å²) < 4.78 is 25.3. The zero-order valence-corrected chi connectivity index (χ0v) is 45.6. The third-order valence-corrected chi connectivity index (χ3v) is 18.8. The molecule has 0 aliphatic carbocycles. The molecule has 0 N–H and O–H groups in total. The predicted octanol–water partition coefficient (Wildman–Crippen LogP) is 20.9. The maximum Gasteiger partial charge on any atom is 0.136 e. The van der Waals surface area contributed by atoms with Crippen molar-refractivity contribution in [3.05, 3.63) is 265 Å². The molecule has 0 saturated carbocycles. The summed E-state index contributed by atoms with van der Waals surface area (Å²) in [6.45, 7) is 0. The van der Waals surface area contributed by atoms with E-state index in [1.54, 1.807) is 0 Å². The molecule has 0 saturated heterocycles. The highest BCUT2D eigenvalue weighted by atomic mass is 16.3. The van der Waals surface area contributed by atoms with Crippen LogP contribution < -0.4 is 9.80 Å². The van der Waals surface area contributed by atoms with Gasteiger partial charge in [0.15, 0.2) is 0 Å². The third-order valence-electron chi connectivity index (χ3n) is 18.8. The van der Waals surface area contributed by atoms with Gasteiger partial charge in [-0.15, -0.1) is 0 Å². The molecule has 16 aromatic rings. The lowest BCUT2D eigenvalue weighted by Crippen LogP contribution is -2.22. The first kappa shape index (κ1) is 46.1. The Kier molecular flexibility index (Phi) is 9.59. The number of fused-ring (bicyclic) bond motifs is 23. The Morgan fingerprint density at radius 3 is 1.17 bits per heavy atom. The first-order valence-electron chi connectivity index (χ1n) is 29.3. The molecule has 0 fully saturated rings. The van der Waals surface area contributed by atoms with E-state index >= 15 is 0 Å². The summed E-state index contributed by atoms with van der Waals surface area (Å²) in [5.41, 5.74) is 28.3. The Labute approximate surface area is 482 Å². The summed E-state index contributed by atoms with van der Waals surface area (Å²) in [4.78, 5) is 5.12. The summed E-state index contributed by atoms with van der Waals surface area (Å²) >= 11 is 0. The van der Waals surface area contributed by atoms with Crippen LogP contribution in [0.2, 0.25) is 0 Å². The Bertz CT molecular complexity index is 5270. The maximum atomic E-state index is 6.44. The minimum absolute atomic E-state index is 0.427. The molecule has 0 spiro atoms. The normalized spacial score (nSPS) is 15.6. The van der Waals surface area contributed by atoms with E-state index in [2.05, 4.69) is 228 Å². The van der Waals surface area contributed by atoms with Crippen LogP contribution in [0.15, 0.2) is 260 Å². The minimum Gasteiger partial charge on any atom is -0.456 e. The fourth-order valence-corrected chi connectivity index (χ4v) is 14.9. The second-order valence-electron chi connectivity index (χ2n) is 23.4. The van der Waals surface area contributed by atoms with E-state index in [1.165, 1.54) is 94.9 Å². The maximum absolute atomic E-state index is 6.44. The van der Waals surface area contributed by atoms with Crippen molar-refractivity contribution in [2.45, 2.75) is 37.8 Å². The van der Waals surface area contributed by atoms with Gasteiger partial charge in [-0.25, -0.2) is 0 Å². The molecule has 396 valence electrons. The molecule has 2 atom stereocenters. The average Bonchev–Trinajstić information content (AvgIpc) is 4.01. The van der Waals surface area contributed by atoms with Gasteiger partial charge in [0.1, 0.15) is 44.7 Å². The lowest BCUT2D eigenvalue weighted by Gasteiger charge is -2.20. The fraction of sp³-hybridized carbons (Fsp3) is 0.0769. The summed E-state index contributed by atoms with van der Waals surface area (Å²) in [6, 6.07) is 88.0. The molecule has 4 aromatic heterocycles. The summed E-state index contributed by atoms with van der Waals surface area (Å²) in [7, 11) is 0. The van der Waals surface area contributed by atoms with Gasteiger partial charge in [0.25, 0.3) is 0 Å². The molecule has 6 heteroatoms. The van der Waals surface area contributed by atoms with E-state index in [1.807, 2.05) is 24.3 Å². The van der Waals surface area contributed by atoms with E-state index < -0.39 is 0 Å². The Morgan fingerprint density at radius 1 is 0.238 bits per heavy atom. The van der Waals surface area contributed by atoms with Gasteiger partial charge in [-0.3, -0.25) is 0 Å². The predicted molar refractivity (Wildman–Crippen MR) is 343 cm³/mol. The molecular weight excluding hydrogens is 1030 g/mol. The van der Waals surface area contributed by atoms with Crippen molar-refractivity contribution in [3.8, 4) is 44.5 Å². The molecule has 0 amide bonds. The third kappa shape index (κ3) is 6.91. The van der Waals surface area contributed by atoms with Gasteiger partial charge in [0.05, 0.1) is 0 Å². The van der Waals surface area contributed by atoms with Gasteiger partial charge < -0.3 is 27.5 Å². The Morgan fingerprint density at radius 2 is 0.607 bits per heavy atom. The largest absolute Gasteiger partial charge is 0.456 e. The second kappa shape index (κ2) is 17.5. The molecule has 84 heavy (non-hydrogen) atoms.